The molecule has 142 valence electrons. The molecule has 0 fully saturated rings. The lowest BCUT2D eigenvalue weighted by Crippen LogP contribution is -2.35. The van der Waals surface area contributed by atoms with E-state index >= 15 is 0 Å². The summed E-state index contributed by atoms with van der Waals surface area (Å²) in [7, 11) is 0. The van der Waals surface area contributed by atoms with Gasteiger partial charge in [0, 0.05) is 17.1 Å². The number of fused-ring (bicyclic) bond motifs is 1. The van der Waals surface area contributed by atoms with Gasteiger partial charge >= 0.3 is 5.97 Å². The van der Waals surface area contributed by atoms with Crippen LogP contribution in [0.2, 0.25) is 0 Å². The minimum Gasteiger partial charge on any atom is -0.479 e. The number of amides is 1. The first-order chi connectivity index (χ1) is 12.5. The van der Waals surface area contributed by atoms with Crippen molar-refractivity contribution in [2.45, 2.75) is 45.6 Å². The molecule has 0 atom stereocenters. The predicted molar refractivity (Wildman–Crippen MR) is 104 cm³/mol. The molecule has 0 saturated heterocycles. The third kappa shape index (κ3) is 3.58. The lowest BCUT2D eigenvalue weighted by molar-refractivity contribution is -0.146. The number of carbonyl (C=O) groups is 2. The summed E-state index contributed by atoms with van der Waals surface area (Å²) in [6.07, 6.45) is 2.94. The van der Waals surface area contributed by atoms with Gasteiger partial charge in [-0.1, -0.05) is 32.9 Å². The highest BCUT2D eigenvalue weighted by Crippen LogP contribution is 2.26. The van der Waals surface area contributed by atoms with Crippen LogP contribution in [0.1, 0.15) is 50.7 Å². The zero-order chi connectivity index (χ0) is 20.0. The number of nitrogens with zero attached hydrogens (tertiary/aromatic N) is 2. The average Bonchev–Trinajstić information content (AvgIpc) is 3.19. The monoisotopic (exact) mass is 368 g/mol. The van der Waals surface area contributed by atoms with E-state index in [1.807, 2.05) is 6.07 Å². The second kappa shape index (κ2) is 6.26. The van der Waals surface area contributed by atoms with Crippen LogP contribution >= 0.6 is 0 Å². The summed E-state index contributed by atoms with van der Waals surface area (Å²) in [5.41, 5.74) is 1.77. The van der Waals surface area contributed by atoms with Gasteiger partial charge in [0.05, 0.1) is 11.9 Å². The fourth-order valence-electron chi connectivity index (χ4n) is 2.71. The summed E-state index contributed by atoms with van der Waals surface area (Å²) < 4.78 is 1.31. The largest absolute Gasteiger partial charge is 0.479 e. The molecule has 0 radical (unpaired) electrons. The molecular weight excluding hydrogens is 344 g/mol. The minimum atomic E-state index is -1.20. The molecule has 3 rings (SSSR count). The molecule has 2 aromatic heterocycles. The molecule has 7 heteroatoms. The van der Waals surface area contributed by atoms with Crippen LogP contribution in [0.3, 0.4) is 0 Å². The summed E-state index contributed by atoms with van der Waals surface area (Å²) in [4.78, 5) is 27.0. The van der Waals surface area contributed by atoms with Gasteiger partial charge in [-0.25, -0.2) is 4.79 Å². The maximum absolute atomic E-state index is 12.6. The van der Waals surface area contributed by atoms with E-state index in [0.717, 1.165) is 10.9 Å². The van der Waals surface area contributed by atoms with Gasteiger partial charge in [0.25, 0.3) is 5.91 Å². The molecule has 0 spiro atoms. The van der Waals surface area contributed by atoms with E-state index < -0.39 is 11.5 Å². The zero-order valence-corrected chi connectivity index (χ0v) is 16.1. The summed E-state index contributed by atoms with van der Waals surface area (Å²) >= 11 is 0. The molecule has 2 heterocycles. The van der Waals surface area contributed by atoms with Gasteiger partial charge in [-0.05, 0) is 37.0 Å². The Hall–Kier alpha value is -3.09. The quantitative estimate of drug-likeness (QED) is 0.653. The number of carboxylic acids is 1. The normalized spacial score (nSPS) is 12.3. The van der Waals surface area contributed by atoms with Gasteiger partial charge in [0.1, 0.15) is 5.69 Å². The Morgan fingerprint density at radius 1 is 1.15 bits per heavy atom. The van der Waals surface area contributed by atoms with Crippen LogP contribution in [0.25, 0.3) is 10.9 Å². The van der Waals surface area contributed by atoms with Crippen LogP contribution in [-0.4, -0.2) is 31.7 Å². The van der Waals surface area contributed by atoms with Gasteiger partial charge in [0.2, 0.25) is 0 Å². The molecular formula is C20H24N4O3. The maximum Gasteiger partial charge on any atom is 0.331 e. The number of H-pyrrole nitrogens is 1. The van der Waals surface area contributed by atoms with E-state index in [-0.39, 0.29) is 11.3 Å². The number of carboxylic acid groups (broad SMARTS) is 1. The van der Waals surface area contributed by atoms with Crippen LogP contribution in [-0.2, 0) is 15.7 Å². The van der Waals surface area contributed by atoms with Crippen molar-refractivity contribution in [1.82, 2.24) is 14.8 Å². The van der Waals surface area contributed by atoms with Crippen LogP contribution in [0, 0.1) is 0 Å². The predicted octanol–water partition coefficient (Wildman–Crippen LogP) is 3.73. The Morgan fingerprint density at radius 2 is 1.85 bits per heavy atom. The Morgan fingerprint density at radius 3 is 2.48 bits per heavy atom. The van der Waals surface area contributed by atoms with E-state index in [1.165, 1.54) is 22.6 Å². The first-order valence-electron chi connectivity index (χ1n) is 8.71. The van der Waals surface area contributed by atoms with Gasteiger partial charge < -0.3 is 15.4 Å². The van der Waals surface area contributed by atoms with E-state index in [1.54, 1.807) is 19.9 Å². The van der Waals surface area contributed by atoms with Crippen molar-refractivity contribution in [3.63, 3.8) is 0 Å². The zero-order valence-electron chi connectivity index (χ0n) is 16.1. The van der Waals surface area contributed by atoms with Crippen molar-refractivity contribution in [2.24, 2.45) is 0 Å². The summed E-state index contributed by atoms with van der Waals surface area (Å²) in [6.45, 7) is 9.50. The van der Waals surface area contributed by atoms with E-state index in [9.17, 15) is 14.7 Å². The highest BCUT2D eigenvalue weighted by Gasteiger charge is 2.30. The fraction of sp³-hybridized carbons (Fsp3) is 0.350. The second-order valence-electron chi connectivity index (χ2n) is 8.23. The lowest BCUT2D eigenvalue weighted by Gasteiger charge is -2.19. The summed E-state index contributed by atoms with van der Waals surface area (Å²) in [5.74, 6) is -1.31. The minimum absolute atomic E-state index is 0.0211. The van der Waals surface area contributed by atoms with Crippen molar-refractivity contribution in [2.75, 3.05) is 5.32 Å². The first-order valence-corrected chi connectivity index (χ1v) is 8.71. The van der Waals surface area contributed by atoms with Crippen molar-refractivity contribution in [3.05, 3.63) is 47.9 Å². The Balaban J connectivity index is 1.83. The molecule has 0 unspecified atom stereocenters. The van der Waals surface area contributed by atoms with Crippen LogP contribution in [0.4, 0.5) is 5.69 Å². The Kier molecular flexibility index (Phi) is 4.34. The van der Waals surface area contributed by atoms with E-state index in [4.69, 9.17) is 0 Å². The van der Waals surface area contributed by atoms with Crippen LogP contribution < -0.4 is 5.32 Å². The maximum atomic E-state index is 12.6. The van der Waals surface area contributed by atoms with Crippen LogP contribution in [0.5, 0.6) is 0 Å². The molecule has 0 bridgehead atoms. The molecule has 0 aliphatic heterocycles. The number of aromatic nitrogens is 3. The van der Waals surface area contributed by atoms with Crippen LogP contribution in [0.15, 0.2) is 36.7 Å². The number of rotatable bonds is 4. The summed E-state index contributed by atoms with van der Waals surface area (Å²) in [5, 5.41) is 17.0. The smallest absolute Gasteiger partial charge is 0.331 e. The lowest BCUT2D eigenvalue weighted by atomic mass is 9.87. The third-order valence-corrected chi connectivity index (χ3v) is 4.67. The number of anilines is 1. The van der Waals surface area contributed by atoms with Crippen molar-refractivity contribution < 1.29 is 14.7 Å². The van der Waals surface area contributed by atoms with Crippen molar-refractivity contribution in [3.8, 4) is 0 Å². The standard InChI is InChI=1S/C20H24N4O3/c1-19(2,3)13-7-6-12-8-16(23-15(12)9-13)17(25)22-14-10-21-24(11-14)20(4,5)18(26)27/h6-11,23H,1-5H3,(H,22,25)(H,26,27). The molecule has 3 N–H and O–H groups in total. The summed E-state index contributed by atoms with van der Waals surface area (Å²) in [6, 6.07) is 7.91. The second-order valence-corrected chi connectivity index (χ2v) is 8.23. The van der Waals surface area contributed by atoms with E-state index in [0.29, 0.717) is 11.4 Å². The number of benzene rings is 1. The molecule has 27 heavy (non-hydrogen) atoms. The average molecular weight is 368 g/mol. The molecule has 3 aromatic rings. The molecule has 1 amide bonds. The Labute approximate surface area is 157 Å². The third-order valence-electron chi connectivity index (χ3n) is 4.67. The number of nitrogens with one attached hydrogen (secondary N) is 2. The fourth-order valence-corrected chi connectivity index (χ4v) is 2.71. The molecule has 1 aromatic carbocycles. The highest BCUT2D eigenvalue weighted by molar-refractivity contribution is 6.05. The van der Waals surface area contributed by atoms with Gasteiger partial charge in [-0.3, -0.25) is 9.48 Å². The number of hydrogen-bond donors (Lipinski definition) is 3. The number of carbonyl (C=O) groups excluding carboxylic acids is 1. The molecule has 0 saturated carbocycles. The number of hydrogen-bond acceptors (Lipinski definition) is 3. The SMILES string of the molecule is CC(C)(C)c1ccc2cc(C(=O)Nc3cnn(C(C)(C)C(=O)O)c3)[nH]c2c1. The van der Waals surface area contributed by atoms with Crippen molar-refractivity contribution in [1.29, 1.82) is 0 Å². The molecule has 7 nitrogen and oxygen atoms in total. The topological polar surface area (TPSA) is 100 Å². The Bertz CT molecular complexity index is 1020. The first kappa shape index (κ1) is 18.7. The number of aliphatic carboxylic acids is 1. The van der Waals surface area contributed by atoms with Crippen molar-refractivity contribution >= 4 is 28.5 Å². The van der Waals surface area contributed by atoms with Gasteiger partial charge in [0.15, 0.2) is 5.54 Å². The highest BCUT2D eigenvalue weighted by atomic mass is 16.4. The molecule has 0 aliphatic rings. The van der Waals surface area contributed by atoms with E-state index in [2.05, 4.69) is 48.3 Å². The molecule has 0 aliphatic carbocycles. The van der Waals surface area contributed by atoms with Gasteiger partial charge in [-0.2, -0.15) is 5.10 Å². The number of aromatic amines is 1. The van der Waals surface area contributed by atoms with Gasteiger partial charge in [-0.15, -0.1) is 0 Å².